The molecule has 0 aromatic heterocycles. The molecule has 1 aliphatic carbocycles. The maximum absolute atomic E-state index is 2.39. The molecule has 0 saturated carbocycles. The van der Waals surface area contributed by atoms with Gasteiger partial charge in [-0.05, 0) is 108 Å². The molecule has 0 bridgehead atoms. The van der Waals surface area contributed by atoms with Gasteiger partial charge in [0.1, 0.15) is 0 Å². The van der Waals surface area contributed by atoms with Gasteiger partial charge >= 0.3 is 0 Å². The third-order valence-electron chi connectivity index (χ3n) is 10.0. The second-order valence-electron chi connectivity index (χ2n) is 13.0. The van der Waals surface area contributed by atoms with Crippen LogP contribution in [0.25, 0.3) is 54.6 Å². The zero-order chi connectivity index (χ0) is 30.8. The molecule has 0 spiro atoms. The predicted octanol–water partition coefficient (Wildman–Crippen LogP) is 12.6. The quantitative estimate of drug-likeness (QED) is 0.185. The van der Waals surface area contributed by atoms with Crippen LogP contribution in [0.4, 0.5) is 17.1 Å². The fraction of sp³-hybridized carbons (Fsp3) is 0.0667. The van der Waals surface area contributed by atoms with Gasteiger partial charge in [-0.15, -0.1) is 0 Å². The van der Waals surface area contributed by atoms with Gasteiger partial charge in [-0.2, -0.15) is 0 Å². The molecule has 8 aromatic rings. The number of para-hydroxylation sites is 1. The fourth-order valence-corrected chi connectivity index (χ4v) is 7.76. The van der Waals surface area contributed by atoms with E-state index in [0.717, 1.165) is 17.1 Å². The monoisotopic (exact) mass is 587 g/mol. The van der Waals surface area contributed by atoms with Crippen molar-refractivity contribution >= 4 is 49.4 Å². The Hall–Kier alpha value is -5.66. The van der Waals surface area contributed by atoms with E-state index in [0.29, 0.717) is 0 Å². The first-order chi connectivity index (χ1) is 22.6. The van der Waals surface area contributed by atoms with Crippen LogP contribution < -0.4 is 4.90 Å². The van der Waals surface area contributed by atoms with Gasteiger partial charge < -0.3 is 4.90 Å². The van der Waals surface area contributed by atoms with Gasteiger partial charge in [0.25, 0.3) is 0 Å². The average Bonchev–Trinajstić information content (AvgIpc) is 3.34. The summed E-state index contributed by atoms with van der Waals surface area (Å²) in [5.41, 5.74) is 11.3. The Kier molecular flexibility index (Phi) is 5.92. The molecular formula is C45H33N. The summed E-state index contributed by atoms with van der Waals surface area (Å²) in [6, 6.07) is 60.1. The lowest BCUT2D eigenvalue weighted by atomic mass is 9.82. The van der Waals surface area contributed by atoms with Gasteiger partial charge in [0, 0.05) is 22.5 Å². The van der Waals surface area contributed by atoms with E-state index < -0.39 is 0 Å². The lowest BCUT2D eigenvalue weighted by Crippen LogP contribution is -2.15. The number of fused-ring (bicyclic) bond motifs is 8. The van der Waals surface area contributed by atoms with E-state index in [9.17, 15) is 0 Å². The highest BCUT2D eigenvalue weighted by atomic mass is 15.1. The highest BCUT2D eigenvalue weighted by molar-refractivity contribution is 6.21. The molecule has 0 N–H and O–H groups in total. The summed E-state index contributed by atoms with van der Waals surface area (Å²) >= 11 is 0. The smallest absolute Gasteiger partial charge is 0.0468 e. The predicted molar refractivity (Wildman–Crippen MR) is 197 cm³/mol. The normalized spacial score (nSPS) is 13.2. The zero-order valence-corrected chi connectivity index (χ0v) is 26.0. The zero-order valence-electron chi connectivity index (χ0n) is 26.0. The van der Waals surface area contributed by atoms with Crippen LogP contribution in [0.2, 0.25) is 0 Å². The maximum Gasteiger partial charge on any atom is 0.0468 e. The number of rotatable bonds is 4. The molecule has 1 aliphatic rings. The van der Waals surface area contributed by atoms with Gasteiger partial charge in [-0.25, -0.2) is 0 Å². The topological polar surface area (TPSA) is 3.24 Å². The molecular weight excluding hydrogens is 555 g/mol. The van der Waals surface area contributed by atoms with Crippen molar-refractivity contribution < 1.29 is 0 Å². The highest BCUT2D eigenvalue weighted by Gasteiger charge is 2.35. The molecule has 0 amide bonds. The van der Waals surface area contributed by atoms with E-state index >= 15 is 0 Å². The molecule has 0 unspecified atom stereocenters. The van der Waals surface area contributed by atoms with E-state index in [-0.39, 0.29) is 5.41 Å². The van der Waals surface area contributed by atoms with Crippen LogP contribution in [0, 0.1) is 0 Å². The number of hydrogen-bond donors (Lipinski definition) is 0. The maximum atomic E-state index is 2.39. The van der Waals surface area contributed by atoms with E-state index in [1.165, 1.54) is 65.7 Å². The first-order valence-electron chi connectivity index (χ1n) is 16.1. The van der Waals surface area contributed by atoms with Crippen LogP contribution in [-0.4, -0.2) is 0 Å². The minimum Gasteiger partial charge on any atom is -0.310 e. The molecule has 46 heavy (non-hydrogen) atoms. The standard InChI is InChI=1S/C45H33N/c1-45(2)43-19-11-10-18-39(43)42-28-34(25-27-44(42)45)46(32-13-4-3-5-14-32)33-23-20-31(21-24-33)40-29-41-35-15-7-6-12-30(35)22-26-38(41)36-16-8-9-17-37(36)40/h3-29H,1-2H3. The van der Waals surface area contributed by atoms with Crippen molar-refractivity contribution in [2.24, 2.45) is 0 Å². The minimum absolute atomic E-state index is 0.0162. The Morgan fingerprint density at radius 1 is 0.370 bits per heavy atom. The summed E-state index contributed by atoms with van der Waals surface area (Å²) in [6.07, 6.45) is 0. The van der Waals surface area contributed by atoms with Crippen LogP contribution in [-0.2, 0) is 5.41 Å². The lowest BCUT2D eigenvalue weighted by Gasteiger charge is -2.27. The molecule has 0 saturated heterocycles. The van der Waals surface area contributed by atoms with Crippen molar-refractivity contribution in [3.8, 4) is 22.3 Å². The Labute approximate surface area is 270 Å². The second kappa shape index (κ2) is 10.2. The summed E-state index contributed by atoms with van der Waals surface area (Å²) in [4.78, 5) is 2.38. The van der Waals surface area contributed by atoms with Crippen molar-refractivity contribution in [3.05, 3.63) is 175 Å². The van der Waals surface area contributed by atoms with Crippen LogP contribution >= 0.6 is 0 Å². The van der Waals surface area contributed by atoms with Gasteiger partial charge in [-0.3, -0.25) is 0 Å². The average molecular weight is 588 g/mol. The van der Waals surface area contributed by atoms with Gasteiger partial charge in [-0.1, -0.05) is 135 Å². The summed E-state index contributed by atoms with van der Waals surface area (Å²) in [5, 5.41) is 7.72. The fourth-order valence-electron chi connectivity index (χ4n) is 7.76. The third-order valence-corrected chi connectivity index (χ3v) is 10.0. The number of hydrogen-bond acceptors (Lipinski definition) is 1. The van der Waals surface area contributed by atoms with Gasteiger partial charge in [0.2, 0.25) is 0 Å². The van der Waals surface area contributed by atoms with E-state index in [2.05, 4.69) is 183 Å². The number of nitrogens with zero attached hydrogens (tertiary/aromatic N) is 1. The molecule has 1 nitrogen and oxygen atoms in total. The lowest BCUT2D eigenvalue weighted by molar-refractivity contribution is 0.660. The SMILES string of the molecule is CC1(C)c2ccccc2-c2cc(N(c3ccccc3)c3ccc(-c4cc5c6ccccc6ccc5c5ccccc45)cc3)ccc21. The summed E-state index contributed by atoms with van der Waals surface area (Å²) in [6.45, 7) is 4.68. The van der Waals surface area contributed by atoms with Crippen molar-refractivity contribution in [1.82, 2.24) is 0 Å². The van der Waals surface area contributed by atoms with Crippen molar-refractivity contribution in [2.45, 2.75) is 19.3 Å². The van der Waals surface area contributed by atoms with Gasteiger partial charge in [0.05, 0.1) is 0 Å². The molecule has 0 heterocycles. The number of benzene rings is 8. The van der Waals surface area contributed by atoms with Gasteiger partial charge in [0.15, 0.2) is 0 Å². The molecule has 0 atom stereocenters. The second-order valence-corrected chi connectivity index (χ2v) is 13.0. The first kappa shape index (κ1) is 26.7. The molecule has 1 heteroatoms. The molecule has 0 aliphatic heterocycles. The highest BCUT2D eigenvalue weighted by Crippen LogP contribution is 2.50. The first-order valence-corrected chi connectivity index (χ1v) is 16.1. The van der Waals surface area contributed by atoms with Crippen LogP contribution in [0.1, 0.15) is 25.0 Å². The summed E-state index contributed by atoms with van der Waals surface area (Å²) in [5.74, 6) is 0. The largest absolute Gasteiger partial charge is 0.310 e. The molecule has 9 rings (SSSR count). The Morgan fingerprint density at radius 3 is 1.80 bits per heavy atom. The van der Waals surface area contributed by atoms with Crippen molar-refractivity contribution in [3.63, 3.8) is 0 Å². The van der Waals surface area contributed by atoms with Crippen molar-refractivity contribution in [1.29, 1.82) is 0 Å². The molecule has 0 fully saturated rings. The van der Waals surface area contributed by atoms with Crippen LogP contribution in [0.5, 0.6) is 0 Å². The van der Waals surface area contributed by atoms with Crippen LogP contribution in [0.3, 0.4) is 0 Å². The summed E-state index contributed by atoms with van der Waals surface area (Å²) < 4.78 is 0. The Morgan fingerprint density at radius 2 is 0.978 bits per heavy atom. The Bertz CT molecular complexity index is 2430. The van der Waals surface area contributed by atoms with E-state index in [4.69, 9.17) is 0 Å². The molecule has 0 radical (unpaired) electrons. The van der Waals surface area contributed by atoms with Crippen molar-refractivity contribution in [2.75, 3.05) is 4.90 Å². The minimum atomic E-state index is -0.0162. The van der Waals surface area contributed by atoms with E-state index in [1.54, 1.807) is 0 Å². The Balaban J connectivity index is 1.20. The number of anilines is 3. The van der Waals surface area contributed by atoms with E-state index in [1.807, 2.05) is 0 Å². The van der Waals surface area contributed by atoms with Crippen LogP contribution in [0.15, 0.2) is 164 Å². The third kappa shape index (κ3) is 4.02. The molecule has 8 aromatic carbocycles. The molecule has 218 valence electrons. The summed E-state index contributed by atoms with van der Waals surface area (Å²) in [7, 11) is 0.